The number of amides is 1. The van der Waals surface area contributed by atoms with Crippen molar-refractivity contribution in [1.82, 2.24) is 9.88 Å². The first-order valence-electron chi connectivity index (χ1n) is 9.21. The first-order chi connectivity index (χ1) is 14.0. The second-order valence-corrected chi connectivity index (χ2v) is 7.86. The van der Waals surface area contributed by atoms with Crippen LogP contribution in [0.1, 0.15) is 16.8 Å². The minimum Gasteiger partial charge on any atom is -0.497 e. The van der Waals surface area contributed by atoms with Crippen LogP contribution < -0.4 is 10.1 Å². The maximum atomic E-state index is 12.5. The largest absolute Gasteiger partial charge is 0.497 e. The molecule has 1 amide bonds. The molecule has 0 atom stereocenters. The normalized spacial score (nSPS) is 16.4. The van der Waals surface area contributed by atoms with E-state index in [1.165, 1.54) is 11.8 Å². The predicted octanol–water partition coefficient (Wildman–Crippen LogP) is 4.99. The Balaban J connectivity index is 1.60. The van der Waals surface area contributed by atoms with Gasteiger partial charge in [-0.2, -0.15) is 0 Å². The molecule has 2 aromatic carbocycles. The first-order valence-corrected chi connectivity index (χ1v) is 10.0. The monoisotopic (exact) mass is 403 g/mol. The Morgan fingerprint density at radius 3 is 2.48 bits per heavy atom. The second kappa shape index (κ2) is 8.01. The van der Waals surface area contributed by atoms with Gasteiger partial charge in [-0.15, -0.1) is 0 Å². The third-order valence-electron chi connectivity index (χ3n) is 4.50. The van der Waals surface area contributed by atoms with Gasteiger partial charge in [0.1, 0.15) is 5.75 Å². The second-order valence-electron chi connectivity index (χ2n) is 6.83. The average molecular weight is 404 g/mol. The zero-order chi connectivity index (χ0) is 20.4. The zero-order valence-electron chi connectivity index (χ0n) is 16.5. The number of rotatable bonds is 4. The van der Waals surface area contributed by atoms with Gasteiger partial charge in [0.15, 0.2) is 5.17 Å². The molecule has 5 nitrogen and oxygen atoms in total. The van der Waals surface area contributed by atoms with Crippen LogP contribution in [0, 0.1) is 13.8 Å². The third kappa shape index (κ3) is 4.27. The molecule has 1 saturated heterocycles. The van der Waals surface area contributed by atoms with Gasteiger partial charge in [-0.05, 0) is 91.3 Å². The summed E-state index contributed by atoms with van der Waals surface area (Å²) in [4.78, 5) is 17.7. The molecule has 3 aromatic rings. The first kappa shape index (κ1) is 19.1. The smallest absolute Gasteiger partial charge is 0.264 e. The third-order valence-corrected chi connectivity index (χ3v) is 5.41. The molecule has 146 valence electrons. The molecule has 29 heavy (non-hydrogen) atoms. The number of carbonyl (C=O) groups is 1. The van der Waals surface area contributed by atoms with Gasteiger partial charge in [0.05, 0.1) is 17.7 Å². The molecular weight excluding hydrogens is 382 g/mol. The Labute approximate surface area is 174 Å². The molecule has 0 saturated carbocycles. The fraction of sp³-hybridized carbons (Fsp3) is 0.130. The highest BCUT2D eigenvalue weighted by Crippen LogP contribution is 2.29. The van der Waals surface area contributed by atoms with Crippen molar-refractivity contribution >= 4 is 34.6 Å². The lowest BCUT2D eigenvalue weighted by molar-refractivity contribution is -0.115. The van der Waals surface area contributed by atoms with Gasteiger partial charge in [-0.1, -0.05) is 6.07 Å². The van der Waals surface area contributed by atoms with Crippen LogP contribution in [0.2, 0.25) is 0 Å². The van der Waals surface area contributed by atoms with Gasteiger partial charge in [-0.25, -0.2) is 4.99 Å². The molecule has 4 rings (SSSR count). The molecule has 1 fully saturated rings. The molecule has 1 N–H and O–H groups in total. The number of ether oxygens (including phenoxy) is 1. The Kier molecular flexibility index (Phi) is 5.27. The van der Waals surface area contributed by atoms with E-state index in [1.54, 1.807) is 7.11 Å². The summed E-state index contributed by atoms with van der Waals surface area (Å²) in [6.45, 7) is 4.07. The van der Waals surface area contributed by atoms with Crippen LogP contribution in [-0.2, 0) is 4.79 Å². The van der Waals surface area contributed by atoms with Crippen molar-refractivity contribution < 1.29 is 9.53 Å². The van der Waals surface area contributed by atoms with Gasteiger partial charge >= 0.3 is 0 Å². The van der Waals surface area contributed by atoms with Crippen molar-refractivity contribution in [1.29, 1.82) is 0 Å². The number of methoxy groups -OCH3 is 1. The highest BCUT2D eigenvalue weighted by Gasteiger charge is 2.24. The maximum absolute atomic E-state index is 12.5. The van der Waals surface area contributed by atoms with Crippen LogP contribution in [0.15, 0.2) is 70.7 Å². The quantitative estimate of drug-likeness (QED) is 0.624. The lowest BCUT2D eigenvalue weighted by Crippen LogP contribution is -2.19. The number of aryl methyl sites for hydroxylation is 2. The van der Waals surface area contributed by atoms with Crippen molar-refractivity contribution in [3.63, 3.8) is 0 Å². The lowest BCUT2D eigenvalue weighted by Gasteiger charge is -2.08. The van der Waals surface area contributed by atoms with E-state index in [0.29, 0.717) is 10.1 Å². The van der Waals surface area contributed by atoms with Gasteiger partial charge in [0.25, 0.3) is 5.91 Å². The number of aliphatic imine (C=N–C) groups is 1. The molecule has 0 radical (unpaired) electrons. The molecule has 2 heterocycles. The van der Waals surface area contributed by atoms with Crippen molar-refractivity contribution in [2.75, 3.05) is 7.11 Å². The Morgan fingerprint density at radius 2 is 1.79 bits per heavy atom. The molecule has 0 spiro atoms. The summed E-state index contributed by atoms with van der Waals surface area (Å²) in [6.07, 6.45) is 3.85. The molecule has 0 bridgehead atoms. The van der Waals surface area contributed by atoms with Crippen LogP contribution in [0.5, 0.6) is 5.75 Å². The minimum atomic E-state index is -0.138. The fourth-order valence-corrected chi connectivity index (χ4v) is 4.06. The van der Waals surface area contributed by atoms with Crippen LogP contribution in [0.4, 0.5) is 5.69 Å². The summed E-state index contributed by atoms with van der Waals surface area (Å²) >= 11 is 1.35. The van der Waals surface area contributed by atoms with E-state index < -0.39 is 0 Å². The standard InChI is InChI=1S/C23H21N3O2S/c1-15-11-16(2)13-17(12-15)24-23-25-22(27)21(29-23)14-19-5-4-10-26(19)18-6-8-20(28-3)9-7-18/h4-14H,1-3H3,(H,24,25,27)/b21-14-. The van der Waals surface area contributed by atoms with E-state index in [4.69, 9.17) is 4.74 Å². The van der Waals surface area contributed by atoms with Crippen LogP contribution in [-0.4, -0.2) is 22.8 Å². The fourth-order valence-electron chi connectivity index (χ4n) is 3.24. The molecule has 1 aromatic heterocycles. The average Bonchev–Trinajstić information content (AvgIpc) is 3.28. The van der Waals surface area contributed by atoms with Gasteiger partial charge in [0.2, 0.25) is 0 Å². The lowest BCUT2D eigenvalue weighted by atomic mass is 10.1. The molecule has 1 aliphatic heterocycles. The summed E-state index contributed by atoms with van der Waals surface area (Å²) in [7, 11) is 1.65. The number of amidine groups is 1. The van der Waals surface area contributed by atoms with E-state index in [2.05, 4.69) is 16.4 Å². The summed E-state index contributed by atoms with van der Waals surface area (Å²) in [5.74, 6) is 0.666. The Bertz CT molecular complexity index is 1110. The predicted molar refractivity (Wildman–Crippen MR) is 119 cm³/mol. The number of carbonyl (C=O) groups excluding carboxylic acids is 1. The van der Waals surface area contributed by atoms with E-state index >= 15 is 0 Å². The van der Waals surface area contributed by atoms with E-state index in [1.807, 2.05) is 79.2 Å². The van der Waals surface area contributed by atoms with Gasteiger partial charge in [-0.3, -0.25) is 4.79 Å². The summed E-state index contributed by atoms with van der Waals surface area (Å²) in [5.41, 5.74) is 5.04. The van der Waals surface area contributed by atoms with Crippen molar-refractivity contribution in [2.24, 2.45) is 4.99 Å². The number of benzene rings is 2. The Hall–Kier alpha value is -3.25. The highest BCUT2D eigenvalue weighted by atomic mass is 32.2. The molecule has 0 unspecified atom stereocenters. The number of nitrogens with one attached hydrogen (secondary N) is 1. The summed E-state index contributed by atoms with van der Waals surface area (Å²) in [6, 6.07) is 17.8. The van der Waals surface area contributed by atoms with Gasteiger partial charge in [0, 0.05) is 17.6 Å². The topological polar surface area (TPSA) is 55.6 Å². The minimum absolute atomic E-state index is 0.138. The van der Waals surface area contributed by atoms with E-state index in [9.17, 15) is 4.79 Å². The number of hydrogen-bond acceptors (Lipinski definition) is 4. The van der Waals surface area contributed by atoms with Crippen LogP contribution in [0.25, 0.3) is 11.8 Å². The molecule has 1 aliphatic rings. The van der Waals surface area contributed by atoms with Gasteiger partial charge < -0.3 is 14.6 Å². The molecule has 6 heteroatoms. The SMILES string of the molecule is COc1ccc(-n2cccc2/C=C2\SC(=Nc3cc(C)cc(C)c3)NC2=O)cc1. The van der Waals surface area contributed by atoms with Crippen molar-refractivity contribution in [3.8, 4) is 11.4 Å². The summed E-state index contributed by atoms with van der Waals surface area (Å²) < 4.78 is 7.25. The van der Waals surface area contributed by atoms with E-state index in [0.717, 1.165) is 33.9 Å². The number of hydrogen-bond donors (Lipinski definition) is 1. The van der Waals surface area contributed by atoms with Crippen LogP contribution >= 0.6 is 11.8 Å². The maximum Gasteiger partial charge on any atom is 0.264 e. The van der Waals surface area contributed by atoms with E-state index in [-0.39, 0.29) is 5.91 Å². The Morgan fingerprint density at radius 1 is 1.07 bits per heavy atom. The van der Waals surface area contributed by atoms with Crippen LogP contribution in [0.3, 0.4) is 0 Å². The zero-order valence-corrected chi connectivity index (χ0v) is 17.3. The number of thioether (sulfide) groups is 1. The number of aromatic nitrogens is 1. The highest BCUT2D eigenvalue weighted by molar-refractivity contribution is 8.18. The number of nitrogens with zero attached hydrogens (tertiary/aromatic N) is 2. The molecule has 0 aliphatic carbocycles. The molecular formula is C23H21N3O2S. The summed E-state index contributed by atoms with van der Waals surface area (Å²) in [5, 5.41) is 3.45. The van der Waals surface area contributed by atoms with Crippen molar-refractivity contribution in [2.45, 2.75) is 13.8 Å². The van der Waals surface area contributed by atoms with Crippen molar-refractivity contribution in [3.05, 3.63) is 82.5 Å².